The third-order valence-electron chi connectivity index (χ3n) is 3.94. The Balaban J connectivity index is 1.86. The molecule has 3 nitrogen and oxygen atoms in total. The first-order valence-electron chi connectivity index (χ1n) is 7.47. The number of hydrogen-bond acceptors (Lipinski definition) is 3. The average Bonchev–Trinajstić information content (AvgIpc) is 2.49. The van der Waals surface area contributed by atoms with Crippen LogP contribution in [-0.2, 0) is 6.42 Å². The maximum absolute atomic E-state index is 6.33. The molecule has 0 spiro atoms. The van der Waals surface area contributed by atoms with Gasteiger partial charge >= 0.3 is 0 Å². The molecule has 0 aliphatic carbocycles. The molecule has 1 aromatic carbocycles. The Morgan fingerprint density at radius 1 is 1.14 bits per heavy atom. The highest BCUT2D eigenvalue weighted by Gasteiger charge is 2.10. The van der Waals surface area contributed by atoms with Crippen molar-refractivity contribution in [1.82, 2.24) is 9.88 Å². The van der Waals surface area contributed by atoms with Crippen molar-refractivity contribution in [3.8, 4) is 0 Å². The fourth-order valence-corrected chi connectivity index (χ4v) is 2.38. The number of nitrogens with zero attached hydrogens (tertiary/aromatic N) is 2. The number of aryl methyl sites for hydroxylation is 2. The maximum atomic E-state index is 6.33. The summed E-state index contributed by atoms with van der Waals surface area (Å²) < 4.78 is 0. The first-order chi connectivity index (χ1) is 10.1. The Kier molecular flexibility index (Phi) is 5.48. The first-order valence-corrected chi connectivity index (χ1v) is 7.47. The van der Waals surface area contributed by atoms with Crippen molar-refractivity contribution in [1.29, 1.82) is 0 Å². The van der Waals surface area contributed by atoms with E-state index in [2.05, 4.69) is 55.0 Å². The standard InChI is InChI=1S/C18H25N3/c1-14-7-8-16(12-15(14)2)18(19)13-21(3)11-9-17-6-4-5-10-20-17/h4-8,10,12,18H,9,11,13,19H2,1-3H3. The van der Waals surface area contributed by atoms with E-state index in [1.165, 1.54) is 16.7 Å². The molecule has 2 rings (SSSR count). The first kappa shape index (κ1) is 15.7. The Morgan fingerprint density at radius 2 is 1.95 bits per heavy atom. The summed E-state index contributed by atoms with van der Waals surface area (Å²) in [5.74, 6) is 0. The summed E-state index contributed by atoms with van der Waals surface area (Å²) in [5, 5.41) is 0. The highest BCUT2D eigenvalue weighted by molar-refractivity contribution is 5.31. The van der Waals surface area contributed by atoms with Crippen molar-refractivity contribution in [2.24, 2.45) is 5.73 Å². The molecule has 0 saturated heterocycles. The van der Waals surface area contributed by atoms with Gasteiger partial charge in [-0.1, -0.05) is 24.3 Å². The Hall–Kier alpha value is -1.71. The van der Waals surface area contributed by atoms with Gasteiger partial charge in [-0.25, -0.2) is 0 Å². The summed E-state index contributed by atoms with van der Waals surface area (Å²) in [4.78, 5) is 6.62. The Bertz CT molecular complexity index is 566. The fourth-order valence-electron chi connectivity index (χ4n) is 2.38. The lowest BCUT2D eigenvalue weighted by Gasteiger charge is -2.22. The average molecular weight is 283 g/mol. The number of pyridine rings is 1. The SMILES string of the molecule is Cc1ccc(C(N)CN(C)CCc2ccccn2)cc1C. The molecule has 0 aliphatic heterocycles. The lowest BCUT2D eigenvalue weighted by Crippen LogP contribution is -2.30. The van der Waals surface area contributed by atoms with Gasteiger partial charge in [0.1, 0.15) is 0 Å². The van der Waals surface area contributed by atoms with E-state index >= 15 is 0 Å². The summed E-state index contributed by atoms with van der Waals surface area (Å²) in [6.45, 7) is 6.09. The zero-order valence-electron chi connectivity index (χ0n) is 13.2. The van der Waals surface area contributed by atoms with Crippen LogP contribution in [0.5, 0.6) is 0 Å². The topological polar surface area (TPSA) is 42.1 Å². The summed E-state index contributed by atoms with van der Waals surface area (Å²) in [5.41, 5.74) is 11.3. The third-order valence-corrected chi connectivity index (χ3v) is 3.94. The van der Waals surface area contributed by atoms with Crippen LogP contribution in [0, 0.1) is 13.8 Å². The van der Waals surface area contributed by atoms with Gasteiger partial charge in [-0.3, -0.25) is 4.98 Å². The molecule has 1 heterocycles. The predicted octanol–water partition coefficient (Wildman–Crippen LogP) is 2.87. The minimum Gasteiger partial charge on any atom is -0.323 e. The number of aromatic nitrogens is 1. The molecule has 0 fully saturated rings. The molecule has 2 aromatic rings. The van der Waals surface area contributed by atoms with Crippen LogP contribution in [0.2, 0.25) is 0 Å². The maximum Gasteiger partial charge on any atom is 0.0424 e. The number of benzene rings is 1. The lowest BCUT2D eigenvalue weighted by molar-refractivity contribution is 0.315. The predicted molar refractivity (Wildman–Crippen MR) is 88.3 cm³/mol. The molecule has 0 amide bonds. The van der Waals surface area contributed by atoms with E-state index in [1.54, 1.807) is 0 Å². The second-order valence-electron chi connectivity index (χ2n) is 5.78. The molecular weight excluding hydrogens is 258 g/mol. The molecule has 0 aliphatic rings. The Labute approximate surface area is 127 Å². The van der Waals surface area contributed by atoms with Crippen LogP contribution in [0.15, 0.2) is 42.6 Å². The molecule has 0 saturated carbocycles. The van der Waals surface area contributed by atoms with E-state index in [-0.39, 0.29) is 6.04 Å². The van der Waals surface area contributed by atoms with Crippen LogP contribution in [-0.4, -0.2) is 30.0 Å². The van der Waals surface area contributed by atoms with Gasteiger partial charge in [0.15, 0.2) is 0 Å². The fraction of sp³-hybridized carbons (Fsp3) is 0.389. The van der Waals surface area contributed by atoms with E-state index in [0.29, 0.717) is 0 Å². The quantitative estimate of drug-likeness (QED) is 0.886. The molecule has 1 aromatic heterocycles. The number of hydrogen-bond donors (Lipinski definition) is 1. The summed E-state index contributed by atoms with van der Waals surface area (Å²) in [7, 11) is 2.11. The van der Waals surface area contributed by atoms with Crippen LogP contribution in [0.3, 0.4) is 0 Å². The molecule has 0 radical (unpaired) electrons. The molecule has 3 heteroatoms. The van der Waals surface area contributed by atoms with Crippen molar-refractivity contribution in [2.75, 3.05) is 20.1 Å². The van der Waals surface area contributed by atoms with Crippen molar-refractivity contribution in [3.63, 3.8) is 0 Å². The number of nitrogens with two attached hydrogens (primary N) is 1. The molecule has 1 unspecified atom stereocenters. The minimum absolute atomic E-state index is 0.0537. The molecule has 2 N–H and O–H groups in total. The molecule has 21 heavy (non-hydrogen) atoms. The van der Waals surface area contributed by atoms with Crippen molar-refractivity contribution in [2.45, 2.75) is 26.3 Å². The van der Waals surface area contributed by atoms with Crippen LogP contribution in [0.25, 0.3) is 0 Å². The van der Waals surface area contributed by atoms with Gasteiger partial charge < -0.3 is 10.6 Å². The van der Waals surface area contributed by atoms with Gasteiger partial charge in [-0.15, -0.1) is 0 Å². The van der Waals surface area contributed by atoms with Gasteiger partial charge in [0, 0.05) is 37.4 Å². The molecule has 0 bridgehead atoms. The van der Waals surface area contributed by atoms with Gasteiger partial charge in [-0.2, -0.15) is 0 Å². The van der Waals surface area contributed by atoms with Crippen molar-refractivity contribution < 1.29 is 0 Å². The highest BCUT2D eigenvalue weighted by atomic mass is 15.1. The van der Waals surface area contributed by atoms with E-state index in [9.17, 15) is 0 Å². The minimum atomic E-state index is 0.0537. The van der Waals surface area contributed by atoms with Gasteiger partial charge in [0.2, 0.25) is 0 Å². The van der Waals surface area contributed by atoms with Gasteiger partial charge in [0.05, 0.1) is 0 Å². The van der Waals surface area contributed by atoms with Gasteiger partial charge in [-0.05, 0) is 49.7 Å². The summed E-state index contributed by atoms with van der Waals surface area (Å²) in [6, 6.07) is 12.6. The molecule has 112 valence electrons. The Morgan fingerprint density at radius 3 is 2.62 bits per heavy atom. The van der Waals surface area contributed by atoms with E-state index in [0.717, 1.165) is 25.2 Å². The normalized spacial score (nSPS) is 12.6. The van der Waals surface area contributed by atoms with Crippen molar-refractivity contribution in [3.05, 3.63) is 65.0 Å². The third kappa shape index (κ3) is 4.66. The molecule has 1 atom stereocenters. The van der Waals surface area contributed by atoms with Crippen LogP contribution < -0.4 is 5.73 Å². The highest BCUT2D eigenvalue weighted by Crippen LogP contribution is 2.16. The van der Waals surface area contributed by atoms with Gasteiger partial charge in [0.25, 0.3) is 0 Å². The van der Waals surface area contributed by atoms with E-state index < -0.39 is 0 Å². The zero-order chi connectivity index (χ0) is 15.2. The summed E-state index contributed by atoms with van der Waals surface area (Å²) in [6.07, 6.45) is 2.80. The summed E-state index contributed by atoms with van der Waals surface area (Å²) >= 11 is 0. The smallest absolute Gasteiger partial charge is 0.0424 e. The monoisotopic (exact) mass is 283 g/mol. The molecular formula is C18H25N3. The second-order valence-corrected chi connectivity index (χ2v) is 5.78. The van der Waals surface area contributed by atoms with Crippen LogP contribution in [0.4, 0.5) is 0 Å². The largest absolute Gasteiger partial charge is 0.323 e. The van der Waals surface area contributed by atoms with Crippen molar-refractivity contribution >= 4 is 0 Å². The zero-order valence-corrected chi connectivity index (χ0v) is 13.2. The van der Waals surface area contributed by atoms with Crippen LogP contribution in [0.1, 0.15) is 28.4 Å². The number of rotatable bonds is 6. The van der Waals surface area contributed by atoms with E-state index in [1.807, 2.05) is 18.3 Å². The number of likely N-dealkylation sites (N-methyl/N-ethyl adjacent to an activating group) is 1. The second kappa shape index (κ2) is 7.34. The lowest BCUT2D eigenvalue weighted by atomic mass is 10.0. The van der Waals surface area contributed by atoms with Crippen LogP contribution >= 0.6 is 0 Å². The van der Waals surface area contributed by atoms with E-state index in [4.69, 9.17) is 5.73 Å².